The number of carbonyl (C=O) groups is 1. The number of piperazine rings is 1. The van der Waals surface area contributed by atoms with E-state index in [1.165, 1.54) is 5.56 Å². The highest BCUT2D eigenvalue weighted by atomic mass is 16.2. The van der Waals surface area contributed by atoms with Gasteiger partial charge in [-0.15, -0.1) is 5.10 Å². The highest BCUT2D eigenvalue weighted by Gasteiger charge is 2.21. The first-order valence-corrected chi connectivity index (χ1v) is 11.4. The lowest BCUT2D eigenvalue weighted by Crippen LogP contribution is -2.49. The van der Waals surface area contributed by atoms with Gasteiger partial charge in [0.25, 0.3) is 0 Å². The Morgan fingerprint density at radius 2 is 1.79 bits per heavy atom. The van der Waals surface area contributed by atoms with Gasteiger partial charge >= 0.3 is 0 Å². The summed E-state index contributed by atoms with van der Waals surface area (Å²) < 4.78 is 1.59. The minimum absolute atomic E-state index is 0.160. The smallest absolute Gasteiger partial charge is 0.227 e. The van der Waals surface area contributed by atoms with Crippen LogP contribution in [0.25, 0.3) is 5.69 Å². The van der Waals surface area contributed by atoms with Crippen LogP contribution in [0.2, 0.25) is 0 Å². The molecular formula is C25H29N7O. The lowest BCUT2D eigenvalue weighted by Gasteiger charge is -2.35. The monoisotopic (exact) mass is 443 g/mol. The molecule has 8 heteroatoms. The van der Waals surface area contributed by atoms with Crippen LogP contribution in [0.4, 0.5) is 0 Å². The second kappa shape index (κ2) is 10.4. The molecule has 1 aliphatic heterocycles. The number of carbonyl (C=O) groups excluding carboxylic acids is 1. The summed E-state index contributed by atoms with van der Waals surface area (Å²) in [7, 11) is 0. The van der Waals surface area contributed by atoms with Gasteiger partial charge in [-0.1, -0.05) is 38.1 Å². The summed E-state index contributed by atoms with van der Waals surface area (Å²) in [5.74, 6) is 0.510. The Labute approximate surface area is 194 Å². The van der Waals surface area contributed by atoms with Crippen molar-refractivity contribution in [2.45, 2.75) is 32.6 Å². The van der Waals surface area contributed by atoms with Crippen molar-refractivity contribution in [1.29, 1.82) is 5.26 Å². The van der Waals surface area contributed by atoms with Crippen LogP contribution in [-0.2, 0) is 17.6 Å². The van der Waals surface area contributed by atoms with Gasteiger partial charge in [0, 0.05) is 32.7 Å². The summed E-state index contributed by atoms with van der Waals surface area (Å²) in [4.78, 5) is 17.1. The van der Waals surface area contributed by atoms with Crippen molar-refractivity contribution in [3.05, 3.63) is 71.0 Å². The molecule has 1 saturated heterocycles. The third-order valence-corrected chi connectivity index (χ3v) is 6.21. The number of hydrogen-bond acceptors (Lipinski definition) is 6. The molecule has 1 fully saturated rings. The van der Waals surface area contributed by atoms with E-state index in [1.54, 1.807) is 11.0 Å². The van der Waals surface area contributed by atoms with Crippen LogP contribution >= 0.6 is 0 Å². The van der Waals surface area contributed by atoms with Gasteiger partial charge in [-0.25, -0.2) is 4.68 Å². The first-order valence-electron chi connectivity index (χ1n) is 11.4. The maximum absolute atomic E-state index is 12.8. The number of amides is 1. The number of nitriles is 1. The van der Waals surface area contributed by atoms with Crippen LogP contribution in [0.5, 0.6) is 0 Å². The van der Waals surface area contributed by atoms with E-state index in [4.69, 9.17) is 0 Å². The Morgan fingerprint density at radius 1 is 1.06 bits per heavy atom. The van der Waals surface area contributed by atoms with Gasteiger partial charge in [0.1, 0.15) is 6.33 Å². The molecule has 0 bridgehead atoms. The molecule has 3 aromatic rings. The third kappa shape index (κ3) is 5.62. The summed E-state index contributed by atoms with van der Waals surface area (Å²) in [5, 5.41) is 20.6. The number of aromatic nitrogens is 4. The standard InChI is InChI=1S/C25H29N7O/c1-19(2)24-8-5-21(15-22(24)17-26)9-10-30-11-13-31(14-12-30)25(33)16-20-3-6-23(7-4-20)32-18-27-28-29-32/h3-8,15,18-19H,9-14,16H2,1-2H3. The number of hydrogen-bond donors (Lipinski definition) is 0. The second-order valence-electron chi connectivity index (χ2n) is 8.76. The number of nitrogens with zero attached hydrogens (tertiary/aromatic N) is 7. The molecule has 0 saturated carbocycles. The lowest BCUT2D eigenvalue weighted by molar-refractivity contribution is -0.132. The fourth-order valence-corrected chi connectivity index (χ4v) is 4.20. The quantitative estimate of drug-likeness (QED) is 0.557. The van der Waals surface area contributed by atoms with Gasteiger partial charge < -0.3 is 4.90 Å². The van der Waals surface area contributed by atoms with Crippen molar-refractivity contribution >= 4 is 5.91 Å². The van der Waals surface area contributed by atoms with E-state index in [0.29, 0.717) is 12.3 Å². The maximum atomic E-state index is 12.8. The largest absolute Gasteiger partial charge is 0.340 e. The molecule has 0 N–H and O–H groups in total. The zero-order chi connectivity index (χ0) is 23.2. The summed E-state index contributed by atoms with van der Waals surface area (Å²) in [5.41, 5.74) is 4.94. The molecule has 0 aliphatic carbocycles. The molecule has 2 aromatic carbocycles. The van der Waals surface area contributed by atoms with Gasteiger partial charge in [-0.3, -0.25) is 9.69 Å². The van der Waals surface area contributed by atoms with Gasteiger partial charge in [-0.2, -0.15) is 5.26 Å². The summed E-state index contributed by atoms with van der Waals surface area (Å²) in [6.07, 6.45) is 2.85. The molecule has 2 heterocycles. The average Bonchev–Trinajstić information content (AvgIpc) is 3.38. The molecule has 33 heavy (non-hydrogen) atoms. The summed E-state index contributed by atoms with van der Waals surface area (Å²) in [6, 6.07) is 16.3. The van der Waals surface area contributed by atoms with Crippen LogP contribution in [0.15, 0.2) is 48.8 Å². The zero-order valence-electron chi connectivity index (χ0n) is 19.2. The van der Waals surface area contributed by atoms with E-state index < -0.39 is 0 Å². The molecule has 0 atom stereocenters. The van der Waals surface area contributed by atoms with Crippen LogP contribution in [-0.4, -0.2) is 68.6 Å². The molecule has 4 rings (SSSR count). The number of tetrazole rings is 1. The van der Waals surface area contributed by atoms with E-state index in [9.17, 15) is 10.1 Å². The molecule has 0 radical (unpaired) electrons. The van der Waals surface area contributed by atoms with Crippen molar-refractivity contribution in [3.8, 4) is 11.8 Å². The molecule has 1 aliphatic rings. The van der Waals surface area contributed by atoms with Gasteiger partial charge in [-0.05, 0) is 57.7 Å². The van der Waals surface area contributed by atoms with Crippen molar-refractivity contribution in [2.75, 3.05) is 32.7 Å². The topological polar surface area (TPSA) is 90.9 Å². The van der Waals surface area contributed by atoms with E-state index >= 15 is 0 Å². The van der Waals surface area contributed by atoms with Crippen molar-refractivity contribution in [2.24, 2.45) is 0 Å². The van der Waals surface area contributed by atoms with E-state index in [1.807, 2.05) is 35.2 Å². The highest BCUT2D eigenvalue weighted by Crippen LogP contribution is 2.21. The summed E-state index contributed by atoms with van der Waals surface area (Å²) in [6.45, 7) is 8.41. The Bertz CT molecular complexity index is 1110. The molecule has 1 amide bonds. The van der Waals surface area contributed by atoms with E-state index in [-0.39, 0.29) is 5.91 Å². The first-order chi connectivity index (χ1) is 16.0. The minimum Gasteiger partial charge on any atom is -0.340 e. The Morgan fingerprint density at radius 3 is 2.42 bits per heavy atom. The molecule has 1 aromatic heterocycles. The van der Waals surface area contributed by atoms with Gasteiger partial charge in [0.05, 0.1) is 23.7 Å². The van der Waals surface area contributed by atoms with Crippen LogP contribution < -0.4 is 0 Å². The SMILES string of the molecule is CC(C)c1ccc(CCN2CCN(C(=O)Cc3ccc(-n4cnnn4)cc3)CC2)cc1C#N. The maximum Gasteiger partial charge on any atom is 0.227 e. The van der Waals surface area contributed by atoms with E-state index in [2.05, 4.69) is 52.5 Å². The third-order valence-electron chi connectivity index (χ3n) is 6.21. The van der Waals surface area contributed by atoms with Crippen LogP contribution in [0.1, 0.15) is 42.0 Å². The first kappa shape index (κ1) is 22.6. The predicted octanol–water partition coefficient (Wildman–Crippen LogP) is 2.59. The van der Waals surface area contributed by atoms with Crippen molar-refractivity contribution < 1.29 is 4.79 Å². The number of benzene rings is 2. The molecular weight excluding hydrogens is 414 g/mol. The second-order valence-corrected chi connectivity index (χ2v) is 8.76. The molecule has 0 spiro atoms. The van der Waals surface area contributed by atoms with Crippen LogP contribution in [0, 0.1) is 11.3 Å². The predicted molar refractivity (Wildman–Crippen MR) is 125 cm³/mol. The number of rotatable bonds is 7. The summed E-state index contributed by atoms with van der Waals surface area (Å²) >= 11 is 0. The molecule has 170 valence electrons. The minimum atomic E-state index is 0.160. The van der Waals surface area contributed by atoms with Crippen LogP contribution in [0.3, 0.4) is 0 Å². The highest BCUT2D eigenvalue weighted by molar-refractivity contribution is 5.79. The average molecular weight is 444 g/mol. The van der Waals surface area contributed by atoms with Crippen molar-refractivity contribution in [1.82, 2.24) is 30.0 Å². The molecule has 8 nitrogen and oxygen atoms in total. The Kier molecular flexibility index (Phi) is 7.10. The Hall–Kier alpha value is -3.57. The fourth-order valence-electron chi connectivity index (χ4n) is 4.20. The van der Waals surface area contributed by atoms with Gasteiger partial charge in [0.2, 0.25) is 5.91 Å². The zero-order valence-corrected chi connectivity index (χ0v) is 19.2. The van der Waals surface area contributed by atoms with E-state index in [0.717, 1.165) is 61.5 Å². The molecule has 0 unspecified atom stereocenters. The van der Waals surface area contributed by atoms with Crippen molar-refractivity contribution in [3.63, 3.8) is 0 Å². The normalized spacial score (nSPS) is 14.4. The lowest BCUT2D eigenvalue weighted by atomic mass is 9.95. The Balaban J connectivity index is 1.24. The van der Waals surface area contributed by atoms with Gasteiger partial charge in [0.15, 0.2) is 0 Å². The fraction of sp³-hybridized carbons (Fsp3) is 0.400.